The quantitative estimate of drug-likeness (QED) is 0.819. The van der Waals surface area contributed by atoms with E-state index in [0.29, 0.717) is 15.9 Å². The molecule has 112 valence electrons. The van der Waals surface area contributed by atoms with Crippen molar-refractivity contribution >= 4 is 26.0 Å². The maximum Gasteiger partial charge on any atom is 0.242 e. The number of sulfonamides is 1. The van der Waals surface area contributed by atoms with Gasteiger partial charge in [0, 0.05) is 16.6 Å². The van der Waals surface area contributed by atoms with E-state index >= 15 is 0 Å². The fourth-order valence-corrected chi connectivity index (χ4v) is 5.20. The topological polar surface area (TPSA) is 58.2 Å². The molecule has 1 aliphatic carbocycles. The lowest BCUT2D eigenvalue weighted by Crippen LogP contribution is -2.52. The number of hydrogen-bond donors (Lipinski definition) is 2. The Balaban J connectivity index is 2.25. The summed E-state index contributed by atoms with van der Waals surface area (Å²) in [5.74, 6) is 0. The summed E-state index contributed by atoms with van der Waals surface area (Å²) in [7, 11) is -1.61. The Labute approximate surface area is 129 Å². The van der Waals surface area contributed by atoms with Crippen molar-refractivity contribution in [3.8, 4) is 0 Å². The van der Waals surface area contributed by atoms with E-state index in [1.165, 1.54) is 0 Å². The van der Waals surface area contributed by atoms with Gasteiger partial charge in [0.1, 0.15) is 0 Å². The molecule has 0 atom stereocenters. The highest BCUT2D eigenvalue weighted by atomic mass is 79.9. The molecule has 0 bridgehead atoms. The lowest BCUT2D eigenvalue weighted by molar-refractivity contribution is 0.214. The van der Waals surface area contributed by atoms with Crippen LogP contribution in [0.3, 0.4) is 0 Å². The van der Waals surface area contributed by atoms with Crippen LogP contribution in [0.1, 0.15) is 38.2 Å². The van der Waals surface area contributed by atoms with Gasteiger partial charge >= 0.3 is 0 Å². The van der Waals surface area contributed by atoms with Crippen LogP contribution in [0.2, 0.25) is 0 Å². The molecule has 0 radical (unpaired) electrons. The van der Waals surface area contributed by atoms with Crippen molar-refractivity contribution < 1.29 is 8.42 Å². The normalized spacial score (nSPS) is 17.8. The van der Waals surface area contributed by atoms with Gasteiger partial charge in [-0.3, -0.25) is 0 Å². The zero-order chi connectivity index (χ0) is 14.8. The predicted octanol–water partition coefficient (Wildman–Crippen LogP) is 2.78. The largest absolute Gasteiger partial charge is 0.316 e. The molecule has 2 rings (SSSR count). The van der Waals surface area contributed by atoms with Crippen molar-refractivity contribution in [3.05, 3.63) is 28.2 Å². The molecular formula is C14H21BrN2O2S. The summed E-state index contributed by atoms with van der Waals surface area (Å²) in [6.07, 6.45) is 3.79. The van der Waals surface area contributed by atoms with Crippen LogP contribution in [0.15, 0.2) is 27.6 Å². The van der Waals surface area contributed by atoms with E-state index in [-0.39, 0.29) is 5.54 Å². The molecule has 1 aliphatic rings. The van der Waals surface area contributed by atoms with E-state index in [2.05, 4.69) is 26.0 Å². The molecule has 1 saturated carbocycles. The first-order valence-corrected chi connectivity index (χ1v) is 9.17. The molecule has 0 amide bonds. The first kappa shape index (κ1) is 15.9. The first-order valence-electron chi connectivity index (χ1n) is 6.89. The minimum Gasteiger partial charge on any atom is -0.316 e. The van der Waals surface area contributed by atoms with Crippen LogP contribution < -0.4 is 10.0 Å². The summed E-state index contributed by atoms with van der Waals surface area (Å²) in [5, 5.41) is 3.05. The molecule has 20 heavy (non-hydrogen) atoms. The number of rotatable bonds is 6. The van der Waals surface area contributed by atoms with Gasteiger partial charge in [-0.05, 0) is 66.4 Å². The number of halogens is 1. The monoisotopic (exact) mass is 360 g/mol. The average Bonchev–Trinajstić information content (AvgIpc) is 2.34. The van der Waals surface area contributed by atoms with Crippen LogP contribution >= 0.6 is 15.9 Å². The summed E-state index contributed by atoms with van der Waals surface area (Å²) in [6.45, 7) is 2.75. The van der Waals surface area contributed by atoms with Gasteiger partial charge in [0.05, 0.1) is 4.90 Å². The number of benzene rings is 1. The number of hydrogen-bond acceptors (Lipinski definition) is 3. The van der Waals surface area contributed by atoms with Gasteiger partial charge in [-0.1, -0.05) is 13.0 Å². The third kappa shape index (κ3) is 3.24. The van der Waals surface area contributed by atoms with Crippen molar-refractivity contribution in [1.29, 1.82) is 0 Å². The van der Waals surface area contributed by atoms with Crippen molar-refractivity contribution in [2.24, 2.45) is 0 Å². The van der Waals surface area contributed by atoms with Crippen LogP contribution in [-0.4, -0.2) is 21.0 Å². The van der Waals surface area contributed by atoms with Crippen LogP contribution in [0, 0.1) is 0 Å². The lowest BCUT2D eigenvalue weighted by Gasteiger charge is -2.41. The number of nitrogens with one attached hydrogen (secondary N) is 2. The standard InChI is InChI=1S/C14H21BrN2O2S/c1-3-14(7-4-8-14)17-20(18,19)13-6-5-11(10-16-2)9-12(13)15/h5-6,9,16-17H,3-4,7-8,10H2,1-2H3. The Morgan fingerprint density at radius 3 is 2.50 bits per heavy atom. The van der Waals surface area contributed by atoms with Crippen molar-refractivity contribution in [1.82, 2.24) is 10.0 Å². The summed E-state index contributed by atoms with van der Waals surface area (Å²) >= 11 is 3.38. The van der Waals surface area contributed by atoms with Gasteiger partial charge in [0.25, 0.3) is 0 Å². The molecule has 1 aromatic rings. The van der Waals surface area contributed by atoms with E-state index in [1.54, 1.807) is 6.07 Å². The Kier molecular flexibility index (Phi) is 4.89. The Hall–Kier alpha value is -0.430. The minimum absolute atomic E-state index is 0.234. The second kappa shape index (κ2) is 6.13. The van der Waals surface area contributed by atoms with E-state index in [1.807, 2.05) is 26.1 Å². The highest BCUT2D eigenvalue weighted by molar-refractivity contribution is 9.10. The summed E-state index contributed by atoms with van der Waals surface area (Å²) in [5.41, 5.74) is 0.814. The van der Waals surface area contributed by atoms with E-state index < -0.39 is 10.0 Å². The smallest absolute Gasteiger partial charge is 0.242 e. The van der Waals surface area contributed by atoms with Crippen LogP contribution in [0.25, 0.3) is 0 Å². The highest BCUT2D eigenvalue weighted by Gasteiger charge is 2.39. The molecule has 1 fully saturated rings. The molecular weight excluding hydrogens is 340 g/mol. The summed E-state index contributed by atoms with van der Waals surface area (Å²) in [4.78, 5) is 0.317. The Bertz CT molecular complexity index is 577. The van der Waals surface area contributed by atoms with Gasteiger partial charge in [0.2, 0.25) is 10.0 Å². The van der Waals surface area contributed by atoms with Crippen LogP contribution in [0.4, 0.5) is 0 Å². The van der Waals surface area contributed by atoms with Crippen molar-refractivity contribution in [3.63, 3.8) is 0 Å². The molecule has 0 unspecified atom stereocenters. The van der Waals surface area contributed by atoms with Crippen LogP contribution in [0.5, 0.6) is 0 Å². The fraction of sp³-hybridized carbons (Fsp3) is 0.571. The van der Waals surface area contributed by atoms with Crippen molar-refractivity contribution in [2.75, 3.05) is 7.05 Å². The summed E-state index contributed by atoms with van der Waals surface area (Å²) < 4.78 is 28.6. The van der Waals surface area contributed by atoms with E-state index in [0.717, 1.165) is 31.2 Å². The molecule has 0 aromatic heterocycles. The zero-order valence-corrected chi connectivity index (χ0v) is 14.3. The third-order valence-corrected chi connectivity index (χ3v) is 6.56. The molecule has 6 heteroatoms. The third-order valence-electron chi connectivity index (χ3n) is 4.01. The lowest BCUT2D eigenvalue weighted by atomic mass is 9.76. The van der Waals surface area contributed by atoms with Gasteiger partial charge in [0.15, 0.2) is 0 Å². The molecule has 2 N–H and O–H groups in total. The maximum absolute atomic E-state index is 12.5. The Morgan fingerprint density at radius 1 is 1.35 bits per heavy atom. The molecule has 1 aromatic carbocycles. The molecule has 0 aliphatic heterocycles. The van der Waals surface area contributed by atoms with Gasteiger partial charge in [-0.15, -0.1) is 0 Å². The van der Waals surface area contributed by atoms with Gasteiger partial charge in [-0.25, -0.2) is 13.1 Å². The van der Waals surface area contributed by atoms with Gasteiger partial charge < -0.3 is 5.32 Å². The zero-order valence-electron chi connectivity index (χ0n) is 11.9. The first-order chi connectivity index (χ1) is 9.42. The summed E-state index contributed by atoms with van der Waals surface area (Å²) in [6, 6.07) is 5.36. The second-order valence-electron chi connectivity index (χ2n) is 5.39. The maximum atomic E-state index is 12.5. The van der Waals surface area contributed by atoms with E-state index in [9.17, 15) is 8.42 Å². The average molecular weight is 361 g/mol. The molecule has 0 saturated heterocycles. The fourth-order valence-electron chi connectivity index (χ4n) is 2.55. The SMILES string of the molecule is CCC1(NS(=O)(=O)c2ccc(CNC)cc2Br)CCC1. The van der Waals surface area contributed by atoms with E-state index in [4.69, 9.17) is 0 Å². The molecule has 4 nitrogen and oxygen atoms in total. The molecule has 0 spiro atoms. The van der Waals surface area contributed by atoms with Crippen LogP contribution in [-0.2, 0) is 16.6 Å². The molecule has 0 heterocycles. The predicted molar refractivity (Wildman–Crippen MR) is 84.1 cm³/mol. The Morgan fingerprint density at radius 2 is 2.05 bits per heavy atom. The van der Waals surface area contributed by atoms with Crippen molar-refractivity contribution in [2.45, 2.75) is 49.6 Å². The minimum atomic E-state index is -3.47. The highest BCUT2D eigenvalue weighted by Crippen LogP contribution is 2.36. The second-order valence-corrected chi connectivity index (χ2v) is 7.89. The van der Waals surface area contributed by atoms with Gasteiger partial charge in [-0.2, -0.15) is 0 Å².